The van der Waals surface area contributed by atoms with Crippen molar-refractivity contribution >= 4 is 17.4 Å². The number of carbonyl (C=O) groups is 1. The maximum absolute atomic E-state index is 11.9. The second-order valence-corrected chi connectivity index (χ2v) is 4.68. The van der Waals surface area contributed by atoms with E-state index >= 15 is 0 Å². The highest BCUT2D eigenvalue weighted by molar-refractivity contribution is 5.94. The Labute approximate surface area is 130 Å². The van der Waals surface area contributed by atoms with Crippen molar-refractivity contribution in [2.75, 3.05) is 6.54 Å². The Bertz CT molecular complexity index is 753. The van der Waals surface area contributed by atoms with Crippen LogP contribution in [-0.4, -0.2) is 32.1 Å². The summed E-state index contributed by atoms with van der Waals surface area (Å²) in [5.74, 6) is -0.636. The summed E-state index contributed by atoms with van der Waals surface area (Å²) in [7, 11) is 0. The summed E-state index contributed by atoms with van der Waals surface area (Å²) >= 11 is 0. The summed E-state index contributed by atoms with van der Waals surface area (Å²) in [4.78, 5) is 31.9. The van der Waals surface area contributed by atoms with Crippen molar-refractivity contribution in [1.29, 1.82) is 0 Å². The average Bonchev–Trinajstić information content (AvgIpc) is 2.89. The largest absolute Gasteiger partial charge is 0.390 e. The molecule has 0 spiro atoms. The molecule has 1 heterocycles. The van der Waals surface area contributed by atoms with Crippen molar-refractivity contribution in [3.8, 4) is 0 Å². The fraction of sp³-hybridized carbons (Fsp3) is 0.231. The van der Waals surface area contributed by atoms with E-state index in [1.165, 1.54) is 35.0 Å². The van der Waals surface area contributed by atoms with Crippen LogP contribution in [0.3, 0.4) is 0 Å². The van der Waals surface area contributed by atoms with Crippen molar-refractivity contribution in [2.24, 2.45) is 0 Å². The van der Waals surface area contributed by atoms with Gasteiger partial charge in [-0.2, -0.15) is 4.68 Å². The molecule has 0 radical (unpaired) electrons. The topological polar surface area (TPSA) is 133 Å². The lowest BCUT2D eigenvalue weighted by Crippen LogP contribution is -2.27. The molecule has 1 amide bonds. The molecular weight excluding hydrogens is 306 g/mol. The summed E-state index contributed by atoms with van der Waals surface area (Å²) in [6.07, 6.45) is 0. The highest BCUT2D eigenvalue weighted by atomic mass is 16.6. The Morgan fingerprint density at radius 2 is 1.87 bits per heavy atom. The number of non-ortho nitro benzene ring substituents is 1. The number of hydrogen-bond acceptors (Lipinski definition) is 6. The zero-order valence-electron chi connectivity index (χ0n) is 12.1. The van der Waals surface area contributed by atoms with Crippen molar-refractivity contribution in [1.82, 2.24) is 15.1 Å². The molecular formula is C13H13N5O5. The van der Waals surface area contributed by atoms with E-state index in [0.29, 0.717) is 11.3 Å². The standard InChI is InChI=1S/C13H13N5O5/c1-9-8-12(18(22)23)15-16(9)7-6-14-13(19)10-2-4-11(5-3-10)17(20)21/h2-5,8H,6-7H2,1H3,(H,14,19). The molecule has 1 N–H and O–H groups in total. The van der Waals surface area contributed by atoms with Crippen LogP contribution in [0.5, 0.6) is 0 Å². The molecule has 23 heavy (non-hydrogen) atoms. The third-order valence-electron chi connectivity index (χ3n) is 3.10. The van der Waals surface area contributed by atoms with Gasteiger partial charge in [0.2, 0.25) is 0 Å². The van der Waals surface area contributed by atoms with Gasteiger partial charge in [0.15, 0.2) is 0 Å². The first-order valence-electron chi connectivity index (χ1n) is 6.60. The van der Waals surface area contributed by atoms with Crippen LogP contribution in [-0.2, 0) is 6.54 Å². The number of nitrogens with zero attached hydrogens (tertiary/aromatic N) is 4. The Morgan fingerprint density at radius 3 is 2.39 bits per heavy atom. The van der Waals surface area contributed by atoms with Crippen molar-refractivity contribution in [3.05, 3.63) is 61.8 Å². The monoisotopic (exact) mass is 319 g/mol. The third-order valence-corrected chi connectivity index (χ3v) is 3.10. The van der Waals surface area contributed by atoms with Crippen molar-refractivity contribution in [2.45, 2.75) is 13.5 Å². The van der Waals surface area contributed by atoms with Gasteiger partial charge in [-0.15, -0.1) is 0 Å². The number of nitrogens with one attached hydrogen (secondary N) is 1. The SMILES string of the molecule is Cc1cc([N+](=O)[O-])nn1CCNC(=O)c1ccc([N+](=O)[O-])cc1. The number of aromatic nitrogens is 2. The second-order valence-electron chi connectivity index (χ2n) is 4.68. The fourth-order valence-electron chi connectivity index (χ4n) is 1.92. The molecule has 0 bridgehead atoms. The molecule has 0 unspecified atom stereocenters. The summed E-state index contributed by atoms with van der Waals surface area (Å²) in [5.41, 5.74) is 0.807. The molecule has 0 aliphatic heterocycles. The molecule has 0 saturated heterocycles. The van der Waals surface area contributed by atoms with Gasteiger partial charge >= 0.3 is 5.82 Å². The van der Waals surface area contributed by atoms with Crippen molar-refractivity contribution < 1.29 is 14.6 Å². The molecule has 10 heteroatoms. The minimum Gasteiger partial charge on any atom is -0.358 e. The van der Waals surface area contributed by atoms with Crippen LogP contribution in [0.15, 0.2) is 30.3 Å². The number of rotatable bonds is 6. The van der Waals surface area contributed by atoms with Crippen LogP contribution >= 0.6 is 0 Å². The van der Waals surface area contributed by atoms with Crippen LogP contribution in [0.1, 0.15) is 16.1 Å². The Balaban J connectivity index is 1.92. The molecule has 2 rings (SSSR count). The quantitative estimate of drug-likeness (QED) is 0.632. The number of benzene rings is 1. The normalized spacial score (nSPS) is 10.3. The van der Waals surface area contributed by atoms with E-state index in [0.717, 1.165) is 0 Å². The molecule has 120 valence electrons. The van der Waals surface area contributed by atoms with Crippen molar-refractivity contribution in [3.63, 3.8) is 0 Å². The molecule has 0 fully saturated rings. The van der Waals surface area contributed by atoms with Crippen LogP contribution in [0, 0.1) is 27.2 Å². The highest BCUT2D eigenvalue weighted by Crippen LogP contribution is 2.12. The van der Waals surface area contributed by atoms with Gasteiger partial charge < -0.3 is 15.4 Å². The minimum absolute atomic E-state index is 0.0963. The number of aryl methyl sites for hydroxylation is 1. The van der Waals surface area contributed by atoms with Crippen LogP contribution < -0.4 is 5.32 Å². The maximum atomic E-state index is 11.9. The molecule has 10 nitrogen and oxygen atoms in total. The number of hydrogen-bond donors (Lipinski definition) is 1. The summed E-state index contributed by atoms with van der Waals surface area (Å²) in [5, 5.41) is 27.6. The lowest BCUT2D eigenvalue weighted by atomic mass is 10.2. The third kappa shape index (κ3) is 3.87. The van der Waals surface area contributed by atoms with E-state index in [9.17, 15) is 25.0 Å². The lowest BCUT2D eigenvalue weighted by Gasteiger charge is -2.04. The zero-order chi connectivity index (χ0) is 17.0. The predicted octanol–water partition coefficient (Wildman–Crippen LogP) is 1.44. The van der Waals surface area contributed by atoms with Gasteiger partial charge in [-0.3, -0.25) is 14.9 Å². The van der Waals surface area contributed by atoms with E-state index < -0.39 is 9.85 Å². The zero-order valence-corrected chi connectivity index (χ0v) is 12.1. The van der Waals surface area contributed by atoms with E-state index in [1.807, 2.05) is 0 Å². The van der Waals surface area contributed by atoms with Gasteiger partial charge in [0.1, 0.15) is 0 Å². The van der Waals surface area contributed by atoms with Gasteiger partial charge in [-0.05, 0) is 24.0 Å². The van der Waals surface area contributed by atoms with E-state index in [4.69, 9.17) is 0 Å². The molecule has 0 aliphatic carbocycles. The van der Waals surface area contributed by atoms with Gasteiger partial charge in [0.05, 0.1) is 28.3 Å². The first kappa shape index (κ1) is 16.1. The summed E-state index contributed by atoms with van der Waals surface area (Å²) < 4.78 is 1.42. The molecule has 1 aromatic carbocycles. The second kappa shape index (κ2) is 6.64. The Morgan fingerprint density at radius 1 is 1.22 bits per heavy atom. The molecule has 2 aromatic rings. The smallest absolute Gasteiger partial charge is 0.358 e. The minimum atomic E-state index is -0.584. The van der Waals surface area contributed by atoms with E-state index in [1.54, 1.807) is 6.92 Å². The first-order valence-corrected chi connectivity index (χ1v) is 6.60. The Hall–Kier alpha value is -3.30. The van der Waals surface area contributed by atoms with E-state index in [-0.39, 0.29) is 30.5 Å². The maximum Gasteiger partial charge on any atom is 0.390 e. The van der Waals surface area contributed by atoms with Gasteiger partial charge in [0.25, 0.3) is 11.6 Å². The lowest BCUT2D eigenvalue weighted by molar-refractivity contribution is -0.389. The number of nitro benzene ring substituents is 1. The van der Waals surface area contributed by atoms with Crippen LogP contribution in [0.4, 0.5) is 11.5 Å². The molecule has 1 aromatic heterocycles. The highest BCUT2D eigenvalue weighted by Gasteiger charge is 2.15. The van der Waals surface area contributed by atoms with E-state index in [2.05, 4.69) is 10.4 Å². The van der Waals surface area contributed by atoms with Gasteiger partial charge in [-0.25, -0.2) is 0 Å². The number of carbonyl (C=O) groups excluding carboxylic acids is 1. The predicted molar refractivity (Wildman–Crippen MR) is 79.0 cm³/mol. The fourth-order valence-corrected chi connectivity index (χ4v) is 1.92. The summed E-state index contributed by atoms with van der Waals surface area (Å²) in [6, 6.07) is 6.55. The molecule has 0 aliphatic rings. The van der Waals surface area contributed by atoms with Gasteiger partial charge in [-0.1, -0.05) is 0 Å². The molecule has 0 saturated carbocycles. The summed E-state index contributed by atoms with van der Waals surface area (Å²) in [6.45, 7) is 2.17. The van der Waals surface area contributed by atoms with Crippen LogP contribution in [0.2, 0.25) is 0 Å². The number of nitro groups is 2. The number of amides is 1. The van der Waals surface area contributed by atoms with Crippen LogP contribution in [0.25, 0.3) is 0 Å². The first-order chi connectivity index (χ1) is 10.9. The average molecular weight is 319 g/mol. The van der Waals surface area contributed by atoms with Gasteiger partial charge in [0, 0.05) is 24.2 Å². The molecule has 0 atom stereocenters. The Kier molecular flexibility index (Phi) is 4.64.